The highest BCUT2D eigenvalue weighted by Gasteiger charge is 2.50. The number of carbonyl (C=O) groups excluding carboxylic acids is 2. The second-order valence-corrected chi connectivity index (χ2v) is 7.51. The van der Waals surface area contributed by atoms with Gasteiger partial charge >= 0.3 is 0 Å². The van der Waals surface area contributed by atoms with Crippen LogP contribution in [-0.4, -0.2) is 72.8 Å². The van der Waals surface area contributed by atoms with E-state index in [0.717, 1.165) is 63.5 Å². The Morgan fingerprint density at radius 1 is 1.19 bits per heavy atom. The van der Waals surface area contributed by atoms with Crippen molar-refractivity contribution in [1.29, 1.82) is 0 Å². The number of amides is 2. The van der Waals surface area contributed by atoms with E-state index in [1.807, 2.05) is 17.0 Å². The second-order valence-electron chi connectivity index (χ2n) is 7.51. The largest absolute Gasteiger partial charge is 0.379 e. The maximum Gasteiger partial charge on any atom is 0.274 e. The lowest BCUT2D eigenvalue weighted by Crippen LogP contribution is -2.43. The molecule has 2 amide bonds. The van der Waals surface area contributed by atoms with Crippen LogP contribution in [0.2, 0.25) is 0 Å². The van der Waals surface area contributed by atoms with Crippen molar-refractivity contribution in [2.45, 2.75) is 19.3 Å². The van der Waals surface area contributed by atoms with Crippen molar-refractivity contribution >= 4 is 11.8 Å². The molecule has 7 heteroatoms. The van der Waals surface area contributed by atoms with E-state index in [-0.39, 0.29) is 5.91 Å². The molecule has 3 aliphatic rings. The van der Waals surface area contributed by atoms with Gasteiger partial charge in [0, 0.05) is 38.3 Å². The van der Waals surface area contributed by atoms with Gasteiger partial charge in [0.25, 0.3) is 5.91 Å². The number of likely N-dealkylation sites (tertiary alicyclic amines) is 1. The fourth-order valence-corrected chi connectivity index (χ4v) is 4.57. The van der Waals surface area contributed by atoms with Crippen molar-refractivity contribution in [3.63, 3.8) is 0 Å². The molecule has 1 atom stereocenters. The molecule has 140 valence electrons. The molecule has 1 aromatic carbocycles. The minimum absolute atomic E-state index is 0.206. The van der Waals surface area contributed by atoms with Gasteiger partial charge in [-0.15, -0.1) is 0 Å². The van der Waals surface area contributed by atoms with Crippen LogP contribution in [-0.2, 0) is 22.4 Å². The first-order valence-electron chi connectivity index (χ1n) is 9.28. The zero-order valence-corrected chi connectivity index (χ0v) is 14.9. The number of nitrogens with zero attached hydrogens (tertiary/aromatic N) is 2. The fraction of sp³-hybridized carbons (Fsp3) is 0.579. The molecule has 0 bridgehead atoms. The SMILES string of the molecule is O=C(NO)c1cccc2c1CC1(CCN(CCN3CCOCC3)C1=O)C2. The lowest BCUT2D eigenvalue weighted by molar-refractivity contribution is -0.136. The van der Waals surface area contributed by atoms with E-state index in [4.69, 9.17) is 9.94 Å². The lowest BCUT2D eigenvalue weighted by Gasteiger charge is -2.29. The van der Waals surface area contributed by atoms with Crippen LogP contribution in [0.1, 0.15) is 27.9 Å². The minimum atomic E-state index is -0.506. The third-order valence-corrected chi connectivity index (χ3v) is 6.05. The van der Waals surface area contributed by atoms with Crippen LogP contribution in [0.3, 0.4) is 0 Å². The number of carbonyl (C=O) groups is 2. The number of fused-ring (bicyclic) bond motifs is 1. The minimum Gasteiger partial charge on any atom is -0.379 e. The molecular weight excluding hydrogens is 334 g/mol. The Hall–Kier alpha value is -1.96. The summed E-state index contributed by atoms with van der Waals surface area (Å²) in [5.74, 6) is -0.300. The Morgan fingerprint density at radius 2 is 2.00 bits per heavy atom. The summed E-state index contributed by atoms with van der Waals surface area (Å²) in [6.45, 7) is 5.80. The Bertz CT molecular complexity index is 717. The third kappa shape index (κ3) is 3.00. The van der Waals surface area contributed by atoms with E-state index in [1.165, 1.54) is 0 Å². The Labute approximate surface area is 152 Å². The summed E-state index contributed by atoms with van der Waals surface area (Å²) in [5.41, 5.74) is 3.73. The summed E-state index contributed by atoms with van der Waals surface area (Å²) in [5, 5.41) is 8.98. The summed E-state index contributed by atoms with van der Waals surface area (Å²) in [7, 11) is 0. The van der Waals surface area contributed by atoms with Crippen LogP contribution in [0.15, 0.2) is 18.2 Å². The first-order valence-corrected chi connectivity index (χ1v) is 9.28. The molecule has 0 aromatic heterocycles. The van der Waals surface area contributed by atoms with Gasteiger partial charge in [0.15, 0.2) is 0 Å². The average molecular weight is 359 g/mol. The molecule has 2 heterocycles. The van der Waals surface area contributed by atoms with Crippen LogP contribution < -0.4 is 5.48 Å². The smallest absolute Gasteiger partial charge is 0.274 e. The van der Waals surface area contributed by atoms with Crippen molar-refractivity contribution in [2.75, 3.05) is 45.9 Å². The maximum atomic E-state index is 13.2. The molecule has 0 saturated carbocycles. The molecule has 1 spiro atoms. The number of nitrogens with one attached hydrogen (secondary N) is 1. The molecule has 1 aromatic rings. The number of ether oxygens (including phenoxy) is 1. The standard InChI is InChI=1S/C19H25N3O4/c23-17(20-25)15-3-1-2-14-12-19(13-16(14)15)4-5-22(18(19)24)7-6-21-8-10-26-11-9-21/h1-3,25H,4-13H2,(H,20,23). The molecule has 1 aliphatic carbocycles. The highest BCUT2D eigenvalue weighted by molar-refractivity contribution is 5.96. The lowest BCUT2D eigenvalue weighted by atomic mass is 9.83. The summed E-state index contributed by atoms with van der Waals surface area (Å²) >= 11 is 0. The van der Waals surface area contributed by atoms with E-state index in [2.05, 4.69) is 4.90 Å². The van der Waals surface area contributed by atoms with Crippen molar-refractivity contribution in [1.82, 2.24) is 15.3 Å². The second kappa shape index (κ2) is 6.98. The van der Waals surface area contributed by atoms with Crippen LogP contribution in [0.4, 0.5) is 0 Å². The van der Waals surface area contributed by atoms with Crippen molar-refractivity contribution in [3.05, 3.63) is 34.9 Å². The van der Waals surface area contributed by atoms with Gasteiger partial charge in [0.1, 0.15) is 0 Å². The molecule has 7 nitrogen and oxygen atoms in total. The van der Waals surface area contributed by atoms with Gasteiger partial charge in [0.05, 0.1) is 18.6 Å². The van der Waals surface area contributed by atoms with Gasteiger partial charge in [-0.3, -0.25) is 19.7 Å². The highest BCUT2D eigenvalue weighted by Crippen LogP contribution is 2.45. The van der Waals surface area contributed by atoms with Crippen LogP contribution in [0.25, 0.3) is 0 Å². The van der Waals surface area contributed by atoms with E-state index < -0.39 is 11.3 Å². The predicted molar refractivity (Wildman–Crippen MR) is 94.0 cm³/mol. The quantitative estimate of drug-likeness (QED) is 0.603. The normalized spacial score (nSPS) is 25.7. The van der Waals surface area contributed by atoms with Gasteiger partial charge in [-0.2, -0.15) is 0 Å². The summed E-state index contributed by atoms with van der Waals surface area (Å²) in [4.78, 5) is 29.4. The third-order valence-electron chi connectivity index (χ3n) is 6.05. The Kier molecular flexibility index (Phi) is 4.69. The van der Waals surface area contributed by atoms with Gasteiger partial charge in [-0.25, -0.2) is 5.48 Å². The van der Waals surface area contributed by atoms with Crippen LogP contribution >= 0.6 is 0 Å². The Balaban J connectivity index is 1.45. The zero-order valence-electron chi connectivity index (χ0n) is 14.9. The number of benzene rings is 1. The van der Waals surface area contributed by atoms with Crippen LogP contribution in [0.5, 0.6) is 0 Å². The maximum absolute atomic E-state index is 13.2. The first-order chi connectivity index (χ1) is 12.6. The number of hydrogen-bond donors (Lipinski definition) is 2. The van der Waals surface area contributed by atoms with Gasteiger partial charge in [0.2, 0.25) is 5.91 Å². The summed E-state index contributed by atoms with van der Waals surface area (Å²) in [6, 6.07) is 5.51. The first kappa shape index (κ1) is 17.5. The van der Waals surface area contributed by atoms with Gasteiger partial charge in [-0.1, -0.05) is 12.1 Å². The Morgan fingerprint density at radius 3 is 2.77 bits per heavy atom. The molecule has 2 fully saturated rings. The average Bonchev–Trinajstić information content (AvgIpc) is 3.20. The van der Waals surface area contributed by atoms with E-state index in [1.54, 1.807) is 11.5 Å². The molecule has 2 N–H and O–H groups in total. The van der Waals surface area contributed by atoms with Crippen molar-refractivity contribution in [2.24, 2.45) is 5.41 Å². The van der Waals surface area contributed by atoms with Gasteiger partial charge < -0.3 is 9.64 Å². The summed E-state index contributed by atoms with van der Waals surface area (Å²) in [6.07, 6.45) is 2.09. The highest BCUT2D eigenvalue weighted by atomic mass is 16.5. The molecule has 1 unspecified atom stereocenters. The molecular formula is C19H25N3O4. The molecule has 4 rings (SSSR count). The van der Waals surface area contributed by atoms with E-state index in [0.29, 0.717) is 18.4 Å². The van der Waals surface area contributed by atoms with Crippen LogP contribution in [0, 0.1) is 5.41 Å². The number of hydrogen-bond acceptors (Lipinski definition) is 5. The molecule has 2 aliphatic heterocycles. The topological polar surface area (TPSA) is 82.1 Å². The van der Waals surface area contributed by atoms with E-state index >= 15 is 0 Å². The molecule has 26 heavy (non-hydrogen) atoms. The predicted octanol–water partition coefficient (Wildman–Crippen LogP) is 0.455. The van der Waals surface area contributed by atoms with Crippen molar-refractivity contribution < 1.29 is 19.5 Å². The molecule has 2 saturated heterocycles. The molecule has 0 radical (unpaired) electrons. The van der Waals surface area contributed by atoms with Crippen molar-refractivity contribution in [3.8, 4) is 0 Å². The number of hydroxylamine groups is 1. The van der Waals surface area contributed by atoms with Gasteiger partial charge in [-0.05, 0) is 36.5 Å². The number of rotatable bonds is 4. The number of morpholine rings is 1. The monoisotopic (exact) mass is 359 g/mol. The zero-order chi connectivity index (χ0) is 18.1. The summed E-state index contributed by atoms with van der Waals surface area (Å²) < 4.78 is 5.37. The van der Waals surface area contributed by atoms with E-state index in [9.17, 15) is 9.59 Å². The fourth-order valence-electron chi connectivity index (χ4n) is 4.57.